The van der Waals surface area contributed by atoms with Crippen LogP contribution in [0.2, 0.25) is 0 Å². The molecule has 3 aliphatic rings. The summed E-state index contributed by atoms with van der Waals surface area (Å²) in [6.45, 7) is 3.59. The molecule has 32 heavy (non-hydrogen) atoms. The molecular formula is C22H23F3N4O3. The molecule has 3 aromatic rings. The Morgan fingerprint density at radius 1 is 1.34 bits per heavy atom. The quantitative estimate of drug-likeness (QED) is 0.539. The summed E-state index contributed by atoms with van der Waals surface area (Å²) in [6.07, 6.45) is 0.143. The largest absolute Gasteiger partial charge is 0.481 e. The summed E-state index contributed by atoms with van der Waals surface area (Å²) in [5, 5.41) is 4.09. The van der Waals surface area contributed by atoms with Crippen LogP contribution in [0.25, 0.3) is 5.65 Å². The number of Topliss-reactive ketones (excluding diaryl/α,β-unsaturated/α-hetero) is 1. The number of ketones is 1. The molecule has 0 spiro atoms. The van der Waals surface area contributed by atoms with E-state index in [2.05, 4.69) is 17.0 Å². The lowest BCUT2D eigenvalue weighted by molar-refractivity contribution is -0.189. The molecule has 2 bridgehead atoms. The normalized spacial score (nSPS) is 25.7. The van der Waals surface area contributed by atoms with Gasteiger partial charge in [-0.05, 0) is 32.8 Å². The maximum absolute atomic E-state index is 13.2. The maximum atomic E-state index is 13.2. The minimum Gasteiger partial charge on any atom is -0.481 e. The van der Waals surface area contributed by atoms with Crippen molar-refractivity contribution < 1.29 is 27.4 Å². The van der Waals surface area contributed by atoms with Crippen LogP contribution in [0.4, 0.5) is 13.2 Å². The van der Waals surface area contributed by atoms with Crippen molar-refractivity contribution in [2.24, 2.45) is 7.05 Å². The third kappa shape index (κ3) is 3.46. The van der Waals surface area contributed by atoms with E-state index in [1.54, 1.807) is 29.9 Å². The molecule has 1 atom stereocenters. The third-order valence-corrected chi connectivity index (χ3v) is 6.41. The minimum atomic E-state index is -4.54. The molecule has 7 nitrogen and oxygen atoms in total. The number of aryl methyl sites for hydroxylation is 1. The second kappa shape index (κ2) is 6.81. The van der Waals surface area contributed by atoms with Crippen LogP contribution in [0.3, 0.4) is 0 Å². The molecule has 10 heteroatoms. The van der Waals surface area contributed by atoms with Crippen molar-refractivity contribution in [2.45, 2.75) is 56.4 Å². The third-order valence-electron chi connectivity index (χ3n) is 6.41. The van der Waals surface area contributed by atoms with Crippen LogP contribution in [0.15, 0.2) is 30.7 Å². The Bertz CT molecular complexity index is 1210. The van der Waals surface area contributed by atoms with Crippen LogP contribution in [-0.2, 0) is 23.6 Å². The number of nitrogens with zero attached hydrogens (tertiary/aromatic N) is 4. The molecular weight excluding hydrogens is 425 g/mol. The van der Waals surface area contributed by atoms with E-state index in [4.69, 9.17) is 9.47 Å². The Hall–Kier alpha value is -2.88. The zero-order valence-corrected chi connectivity index (χ0v) is 17.9. The predicted octanol–water partition coefficient (Wildman–Crippen LogP) is 3.64. The summed E-state index contributed by atoms with van der Waals surface area (Å²) in [4.78, 5) is 17.4. The maximum Gasteiger partial charge on any atom is 0.425 e. The number of hydrogen-bond donors (Lipinski definition) is 0. The van der Waals surface area contributed by atoms with Crippen molar-refractivity contribution >= 4 is 11.4 Å². The van der Waals surface area contributed by atoms with E-state index >= 15 is 0 Å². The molecule has 1 unspecified atom stereocenters. The lowest BCUT2D eigenvalue weighted by Gasteiger charge is -2.41. The fourth-order valence-electron chi connectivity index (χ4n) is 4.79. The lowest BCUT2D eigenvalue weighted by atomic mass is 9.62. The molecule has 0 aromatic carbocycles. The van der Waals surface area contributed by atoms with Crippen molar-refractivity contribution in [2.75, 3.05) is 6.61 Å². The number of hydrogen-bond acceptors (Lipinski definition) is 5. The zero-order valence-electron chi connectivity index (χ0n) is 17.9. The van der Waals surface area contributed by atoms with E-state index in [1.165, 1.54) is 10.7 Å². The first-order chi connectivity index (χ1) is 15.0. The molecule has 1 saturated carbocycles. The van der Waals surface area contributed by atoms with Gasteiger partial charge in [0.2, 0.25) is 0 Å². The van der Waals surface area contributed by atoms with Crippen molar-refractivity contribution in [3.63, 3.8) is 0 Å². The second-order valence-electron chi connectivity index (χ2n) is 9.20. The number of pyridine rings is 1. The van der Waals surface area contributed by atoms with Crippen molar-refractivity contribution in [3.8, 4) is 5.75 Å². The number of alkyl halides is 3. The Morgan fingerprint density at radius 2 is 2.09 bits per heavy atom. The van der Waals surface area contributed by atoms with E-state index in [1.807, 2.05) is 6.20 Å². The van der Waals surface area contributed by atoms with Gasteiger partial charge in [0.1, 0.15) is 17.1 Å². The van der Waals surface area contributed by atoms with E-state index in [0.717, 1.165) is 25.5 Å². The lowest BCUT2D eigenvalue weighted by Crippen LogP contribution is -2.45. The first-order valence-electron chi connectivity index (χ1n) is 10.4. The molecule has 1 aliphatic carbocycles. The average Bonchev–Trinajstić information content (AvgIpc) is 3.43. The van der Waals surface area contributed by atoms with Gasteiger partial charge < -0.3 is 13.9 Å². The Balaban J connectivity index is 1.51. The number of ether oxygens (including phenoxy) is 2. The van der Waals surface area contributed by atoms with E-state index in [9.17, 15) is 18.0 Å². The van der Waals surface area contributed by atoms with E-state index < -0.39 is 12.3 Å². The number of carbonyl (C=O) groups excluding carboxylic acids is 1. The number of fused-ring (bicyclic) bond motifs is 2. The fourth-order valence-corrected chi connectivity index (χ4v) is 4.79. The predicted molar refractivity (Wildman–Crippen MR) is 108 cm³/mol. The first kappa shape index (κ1) is 21.0. The Labute approximate surface area is 182 Å². The molecule has 2 aliphatic heterocycles. The SMILES string of the molecule is CC(Oc1cc2nc(C34COC(C)(C3)C4)cn2cc1CC(=O)c1ccn(C)n1)C(F)(F)F. The number of imidazole rings is 1. The van der Waals surface area contributed by atoms with Gasteiger partial charge in [-0.15, -0.1) is 0 Å². The van der Waals surface area contributed by atoms with Gasteiger partial charge in [-0.3, -0.25) is 9.48 Å². The minimum absolute atomic E-state index is 0.0117. The highest BCUT2D eigenvalue weighted by Gasteiger charge is 2.61. The molecule has 3 aromatic heterocycles. The van der Waals surface area contributed by atoms with Gasteiger partial charge in [0, 0.05) is 49.1 Å². The molecule has 2 saturated heterocycles. The van der Waals surface area contributed by atoms with Gasteiger partial charge in [0.25, 0.3) is 0 Å². The zero-order chi connectivity index (χ0) is 22.9. The highest BCUT2D eigenvalue weighted by Crippen LogP contribution is 2.58. The highest BCUT2D eigenvalue weighted by atomic mass is 19.4. The summed E-state index contributed by atoms with van der Waals surface area (Å²) in [6, 6.07) is 3.04. The Kier molecular flexibility index (Phi) is 4.47. The van der Waals surface area contributed by atoms with Crippen molar-refractivity contribution in [1.29, 1.82) is 0 Å². The molecule has 0 radical (unpaired) electrons. The smallest absolute Gasteiger partial charge is 0.425 e. The molecule has 170 valence electrons. The fraction of sp³-hybridized carbons (Fsp3) is 0.500. The summed E-state index contributed by atoms with van der Waals surface area (Å²) < 4.78 is 53.9. The van der Waals surface area contributed by atoms with E-state index in [-0.39, 0.29) is 34.7 Å². The van der Waals surface area contributed by atoms with Gasteiger partial charge in [0.15, 0.2) is 11.9 Å². The molecule has 0 amide bonds. The van der Waals surface area contributed by atoms with Gasteiger partial charge in [0.05, 0.1) is 17.9 Å². The first-order valence-corrected chi connectivity index (χ1v) is 10.4. The highest BCUT2D eigenvalue weighted by molar-refractivity contribution is 5.96. The van der Waals surface area contributed by atoms with Crippen LogP contribution in [0, 0.1) is 0 Å². The van der Waals surface area contributed by atoms with Crippen LogP contribution in [0.5, 0.6) is 5.75 Å². The number of carbonyl (C=O) groups is 1. The monoisotopic (exact) mass is 448 g/mol. The van der Waals surface area contributed by atoms with Gasteiger partial charge >= 0.3 is 6.18 Å². The average molecular weight is 448 g/mol. The van der Waals surface area contributed by atoms with Crippen LogP contribution < -0.4 is 4.74 Å². The molecule has 5 heterocycles. The van der Waals surface area contributed by atoms with Crippen molar-refractivity contribution in [1.82, 2.24) is 19.2 Å². The summed E-state index contributed by atoms with van der Waals surface area (Å²) in [5.74, 6) is -0.324. The topological polar surface area (TPSA) is 70.7 Å². The van der Waals surface area contributed by atoms with Crippen LogP contribution in [0.1, 0.15) is 48.4 Å². The molecule has 3 fully saturated rings. The number of halogens is 3. The molecule has 6 rings (SSSR count). The Morgan fingerprint density at radius 3 is 2.69 bits per heavy atom. The van der Waals surface area contributed by atoms with Crippen LogP contribution >= 0.6 is 0 Å². The van der Waals surface area contributed by atoms with Gasteiger partial charge in [-0.1, -0.05) is 0 Å². The molecule has 0 N–H and O–H groups in total. The van der Waals surface area contributed by atoms with E-state index in [0.29, 0.717) is 17.8 Å². The number of aromatic nitrogens is 4. The summed E-state index contributed by atoms with van der Waals surface area (Å²) in [5.41, 5.74) is 1.61. The second-order valence-corrected chi connectivity index (χ2v) is 9.20. The van der Waals surface area contributed by atoms with Gasteiger partial charge in [-0.2, -0.15) is 18.3 Å². The number of rotatable bonds is 6. The summed E-state index contributed by atoms with van der Waals surface area (Å²) >= 11 is 0. The standard InChI is InChI=1S/C22H23F3N4O3/c1-13(22(23,24)25)32-17-7-19-26-18(21-10-20(2,11-21)31-12-21)9-29(19)8-14(17)6-16(30)15-4-5-28(3)27-15/h4-5,7-9,13H,6,10-12H2,1-3H3. The van der Waals surface area contributed by atoms with Crippen LogP contribution in [-0.4, -0.2) is 49.4 Å². The van der Waals surface area contributed by atoms with Crippen molar-refractivity contribution in [3.05, 3.63) is 47.7 Å². The van der Waals surface area contributed by atoms with Gasteiger partial charge in [-0.25, -0.2) is 4.98 Å². The summed E-state index contributed by atoms with van der Waals surface area (Å²) in [7, 11) is 1.69.